The maximum Gasteiger partial charge on any atom is 0.448 e. The van der Waals surface area contributed by atoms with Gasteiger partial charge in [-0.15, -0.1) is 4.42 Å². The van der Waals surface area contributed by atoms with Crippen molar-refractivity contribution in [3.8, 4) is 0 Å². The molecule has 0 aromatic carbocycles. The van der Waals surface area contributed by atoms with E-state index in [1.165, 1.54) is 7.05 Å². The van der Waals surface area contributed by atoms with E-state index in [0.717, 1.165) is 0 Å². The van der Waals surface area contributed by atoms with Crippen molar-refractivity contribution in [3.05, 3.63) is 10.1 Å². The molecular weight excluding hydrogens is 278 g/mol. The molecule has 19 heavy (non-hydrogen) atoms. The Balaban J connectivity index is 3.22. The Morgan fingerprint density at radius 3 is 2.42 bits per heavy atom. The summed E-state index contributed by atoms with van der Waals surface area (Å²) in [5, 5.41) is 10.8. The molecule has 1 fully saturated rings. The maximum atomic E-state index is 12.1. The van der Waals surface area contributed by atoms with Crippen LogP contribution < -0.4 is 0 Å². The number of urea groups is 1. The van der Waals surface area contributed by atoms with Crippen LogP contribution in [0.4, 0.5) is 4.79 Å². The number of halogens is 1. The van der Waals surface area contributed by atoms with Gasteiger partial charge >= 0.3 is 23.9 Å². The predicted octanol–water partition coefficient (Wildman–Crippen LogP) is 0.767. The van der Waals surface area contributed by atoms with Crippen LogP contribution in [0.2, 0.25) is 0 Å². The van der Waals surface area contributed by atoms with Crippen LogP contribution in [0.1, 0.15) is 20.3 Å². The summed E-state index contributed by atoms with van der Waals surface area (Å²) in [4.78, 5) is 45.4. The van der Waals surface area contributed by atoms with Gasteiger partial charge in [-0.25, -0.2) is 9.59 Å². The summed E-state index contributed by atoms with van der Waals surface area (Å²) >= 11 is 5.49. The Bertz CT molecular complexity index is 454. The molecule has 0 saturated carbocycles. The zero-order valence-corrected chi connectivity index (χ0v) is 11.6. The minimum absolute atomic E-state index is 0.0245. The van der Waals surface area contributed by atoms with Crippen molar-refractivity contribution in [2.75, 3.05) is 13.6 Å². The number of amides is 4. The zero-order chi connectivity index (χ0) is 15.0. The van der Waals surface area contributed by atoms with E-state index >= 15 is 0 Å². The van der Waals surface area contributed by atoms with Crippen LogP contribution >= 0.6 is 11.8 Å². The molecule has 1 saturated heterocycles. The lowest BCUT2D eigenvalue weighted by Gasteiger charge is -2.35. The number of imide groups is 2. The van der Waals surface area contributed by atoms with Gasteiger partial charge in [-0.3, -0.25) is 14.9 Å². The van der Waals surface area contributed by atoms with Crippen LogP contribution in [-0.2, 0) is 9.59 Å². The Morgan fingerprint density at radius 2 is 2.00 bits per heavy atom. The minimum Gasteiger partial charge on any atom is -0.264 e. The van der Waals surface area contributed by atoms with Crippen LogP contribution in [0, 0.1) is 16.0 Å². The largest absolute Gasteiger partial charge is 0.448 e. The summed E-state index contributed by atoms with van der Waals surface area (Å²) in [7, 11) is 1.25. The number of barbiturate groups is 1. The average Bonchev–Trinajstić information content (AvgIpc) is 2.34. The molecule has 0 aliphatic carbocycles. The standard InChI is InChI=1S/C10H15ClN3O5/c1-4-6(2)5-14(3)9(16)7(13(18)19)8(15)12(11)10(14)17/h6-7H,4-5H2,1-3H3/q+1. The van der Waals surface area contributed by atoms with E-state index in [1.54, 1.807) is 6.92 Å². The van der Waals surface area contributed by atoms with Crippen molar-refractivity contribution in [2.45, 2.75) is 26.3 Å². The van der Waals surface area contributed by atoms with Crippen molar-refractivity contribution in [3.63, 3.8) is 0 Å². The molecule has 3 unspecified atom stereocenters. The van der Waals surface area contributed by atoms with Gasteiger partial charge in [0.05, 0.1) is 13.6 Å². The van der Waals surface area contributed by atoms with Gasteiger partial charge in [0.25, 0.3) is 0 Å². The van der Waals surface area contributed by atoms with Gasteiger partial charge < -0.3 is 0 Å². The van der Waals surface area contributed by atoms with Crippen molar-refractivity contribution >= 4 is 29.6 Å². The molecule has 1 aliphatic heterocycles. The van der Waals surface area contributed by atoms with Gasteiger partial charge in [0.15, 0.2) is 0 Å². The lowest BCUT2D eigenvalue weighted by molar-refractivity contribution is -0.769. The quantitative estimate of drug-likeness (QED) is 0.250. The first-order chi connectivity index (χ1) is 8.66. The van der Waals surface area contributed by atoms with Crippen LogP contribution in [0.5, 0.6) is 0 Å². The number of likely N-dealkylation sites (N-methyl/N-ethyl adjacent to an activating group) is 1. The Labute approximate surface area is 114 Å². The number of nitro groups is 1. The van der Waals surface area contributed by atoms with Crippen LogP contribution in [0.25, 0.3) is 0 Å². The van der Waals surface area contributed by atoms with E-state index in [1.807, 2.05) is 6.92 Å². The van der Waals surface area contributed by atoms with Gasteiger partial charge in [0, 0.05) is 22.6 Å². The third kappa shape index (κ3) is 2.45. The second-order valence-electron chi connectivity index (χ2n) is 4.82. The summed E-state index contributed by atoms with van der Waals surface area (Å²) in [5.41, 5.74) is 0. The molecule has 4 amide bonds. The number of hydrogen-bond donors (Lipinski definition) is 0. The van der Waals surface area contributed by atoms with Crippen LogP contribution in [0.15, 0.2) is 0 Å². The zero-order valence-electron chi connectivity index (χ0n) is 10.8. The van der Waals surface area contributed by atoms with E-state index in [4.69, 9.17) is 11.8 Å². The van der Waals surface area contributed by atoms with Crippen LogP contribution in [-0.4, -0.2) is 51.3 Å². The number of carbonyl (C=O) groups excluding carboxylic acids is 3. The highest BCUT2D eigenvalue weighted by atomic mass is 35.5. The normalized spacial score (nSPS) is 29.6. The fourth-order valence-corrected chi connectivity index (χ4v) is 2.23. The molecule has 106 valence electrons. The molecule has 1 heterocycles. The molecule has 8 nitrogen and oxygen atoms in total. The molecule has 0 radical (unpaired) electrons. The molecule has 3 atom stereocenters. The first-order valence-electron chi connectivity index (χ1n) is 5.74. The molecule has 0 bridgehead atoms. The van der Waals surface area contributed by atoms with Crippen molar-refractivity contribution in [1.29, 1.82) is 0 Å². The highest BCUT2D eigenvalue weighted by Gasteiger charge is 2.63. The van der Waals surface area contributed by atoms with Crippen molar-refractivity contribution < 1.29 is 23.8 Å². The first-order valence-corrected chi connectivity index (χ1v) is 6.08. The maximum absolute atomic E-state index is 12.1. The molecule has 0 aromatic heterocycles. The molecule has 0 spiro atoms. The number of nitrogens with zero attached hydrogens (tertiary/aromatic N) is 3. The molecule has 0 N–H and O–H groups in total. The third-order valence-electron chi connectivity index (χ3n) is 3.32. The van der Waals surface area contributed by atoms with Crippen LogP contribution in [0.3, 0.4) is 0 Å². The monoisotopic (exact) mass is 292 g/mol. The van der Waals surface area contributed by atoms with Crippen molar-refractivity contribution in [2.24, 2.45) is 5.92 Å². The average molecular weight is 293 g/mol. The minimum atomic E-state index is -2.12. The summed E-state index contributed by atoms with van der Waals surface area (Å²) in [6.07, 6.45) is 0.688. The smallest absolute Gasteiger partial charge is 0.264 e. The molecule has 0 aromatic rings. The van der Waals surface area contributed by atoms with E-state index in [-0.39, 0.29) is 16.9 Å². The highest BCUT2D eigenvalue weighted by molar-refractivity contribution is 6.33. The van der Waals surface area contributed by atoms with Gasteiger partial charge in [-0.2, -0.15) is 4.48 Å². The SMILES string of the molecule is CCC(C)C[N+]1(C)C(=O)C([N+](=O)[O-])C(=O)N(Cl)C1=O. The molecule has 9 heteroatoms. The Hall–Kier alpha value is -1.54. The highest BCUT2D eigenvalue weighted by Crippen LogP contribution is 2.25. The summed E-state index contributed by atoms with van der Waals surface area (Å²) in [6, 6.07) is -3.07. The Morgan fingerprint density at radius 1 is 1.47 bits per heavy atom. The number of carbonyl (C=O) groups is 3. The lowest BCUT2D eigenvalue weighted by Crippen LogP contribution is -2.71. The predicted molar refractivity (Wildman–Crippen MR) is 64.4 cm³/mol. The van der Waals surface area contributed by atoms with Crippen molar-refractivity contribution in [1.82, 2.24) is 4.42 Å². The Kier molecular flexibility index (Phi) is 4.26. The van der Waals surface area contributed by atoms with Gasteiger partial charge in [-0.1, -0.05) is 13.8 Å². The summed E-state index contributed by atoms with van der Waals surface area (Å²) in [5.74, 6) is -2.37. The van der Waals surface area contributed by atoms with E-state index < -0.39 is 33.3 Å². The molecule has 1 aliphatic rings. The number of quaternary nitrogens is 1. The fraction of sp³-hybridized carbons (Fsp3) is 0.700. The second kappa shape index (κ2) is 5.22. The van der Waals surface area contributed by atoms with E-state index in [9.17, 15) is 24.5 Å². The number of hydrogen-bond acceptors (Lipinski definition) is 5. The third-order valence-corrected chi connectivity index (χ3v) is 3.63. The van der Waals surface area contributed by atoms with Gasteiger partial charge in [0.2, 0.25) is 0 Å². The van der Waals surface area contributed by atoms with Gasteiger partial charge in [-0.05, 0) is 6.42 Å². The fourth-order valence-electron chi connectivity index (χ4n) is 1.97. The second-order valence-corrected chi connectivity index (χ2v) is 5.15. The summed E-state index contributed by atoms with van der Waals surface area (Å²) < 4.78 is -0.715. The number of rotatable bonds is 4. The topological polar surface area (TPSA) is 97.6 Å². The molecule has 1 rings (SSSR count). The van der Waals surface area contributed by atoms with E-state index in [2.05, 4.69) is 0 Å². The molecular formula is C10H15ClN3O5+. The van der Waals surface area contributed by atoms with Gasteiger partial charge in [0.1, 0.15) is 0 Å². The summed E-state index contributed by atoms with van der Waals surface area (Å²) in [6.45, 7) is 3.74. The lowest BCUT2D eigenvalue weighted by atomic mass is 10.1. The first kappa shape index (κ1) is 15.5. The van der Waals surface area contributed by atoms with E-state index in [0.29, 0.717) is 6.42 Å².